The average molecular weight is 212 g/mol. The van der Waals surface area contributed by atoms with E-state index in [1.807, 2.05) is 0 Å². The molecule has 0 saturated carbocycles. The molecule has 2 nitrogen and oxygen atoms in total. The maximum Gasteiger partial charge on any atom is 0.00499 e. The third-order valence-electron chi connectivity index (χ3n) is 4.37. The monoisotopic (exact) mass is 212 g/mol. The van der Waals surface area contributed by atoms with Crippen LogP contribution in [0, 0.1) is 11.3 Å². The Bertz CT molecular complexity index is 159. The molecule has 1 aliphatic rings. The fourth-order valence-corrected chi connectivity index (χ4v) is 2.52. The number of piperidine rings is 1. The van der Waals surface area contributed by atoms with Gasteiger partial charge in [0.05, 0.1) is 0 Å². The smallest absolute Gasteiger partial charge is 0.00499 e. The maximum atomic E-state index is 5.95. The van der Waals surface area contributed by atoms with Crippen LogP contribution >= 0.6 is 0 Å². The second-order valence-electron chi connectivity index (χ2n) is 5.37. The lowest BCUT2D eigenvalue weighted by atomic mass is 9.81. The van der Waals surface area contributed by atoms with E-state index in [2.05, 4.69) is 25.7 Å². The van der Waals surface area contributed by atoms with Crippen LogP contribution in [-0.2, 0) is 0 Å². The quantitative estimate of drug-likeness (QED) is 0.758. The Kier molecular flexibility index (Phi) is 5.07. The van der Waals surface area contributed by atoms with E-state index in [4.69, 9.17) is 5.73 Å². The number of likely N-dealkylation sites (tertiary alicyclic amines) is 1. The van der Waals surface area contributed by atoms with Gasteiger partial charge in [0, 0.05) is 6.54 Å². The van der Waals surface area contributed by atoms with Gasteiger partial charge in [-0.15, -0.1) is 0 Å². The van der Waals surface area contributed by atoms with Crippen molar-refractivity contribution in [3.8, 4) is 0 Å². The number of nitrogens with two attached hydrogens (primary N) is 1. The first kappa shape index (κ1) is 13.0. The van der Waals surface area contributed by atoms with Gasteiger partial charge in [0.1, 0.15) is 0 Å². The summed E-state index contributed by atoms with van der Waals surface area (Å²) in [6.45, 7) is 11.5. The van der Waals surface area contributed by atoms with Gasteiger partial charge < -0.3 is 10.6 Å². The van der Waals surface area contributed by atoms with Crippen molar-refractivity contribution < 1.29 is 0 Å². The molecule has 0 unspecified atom stereocenters. The molecule has 1 heterocycles. The van der Waals surface area contributed by atoms with Crippen LogP contribution in [0.1, 0.15) is 46.5 Å². The first-order chi connectivity index (χ1) is 7.15. The summed E-state index contributed by atoms with van der Waals surface area (Å²) in [6.07, 6.45) is 5.17. The fourth-order valence-electron chi connectivity index (χ4n) is 2.52. The van der Waals surface area contributed by atoms with Gasteiger partial charge in [0.15, 0.2) is 0 Å². The van der Waals surface area contributed by atoms with Crippen LogP contribution in [-0.4, -0.2) is 31.1 Å². The summed E-state index contributed by atoms with van der Waals surface area (Å²) in [4.78, 5) is 2.62. The van der Waals surface area contributed by atoms with Crippen molar-refractivity contribution in [2.75, 3.05) is 26.2 Å². The summed E-state index contributed by atoms with van der Waals surface area (Å²) in [5.74, 6) is 0.928. The van der Waals surface area contributed by atoms with E-state index < -0.39 is 0 Å². The van der Waals surface area contributed by atoms with E-state index in [0.29, 0.717) is 5.41 Å². The molecule has 0 aromatic heterocycles. The lowest BCUT2D eigenvalue weighted by Gasteiger charge is -2.39. The highest BCUT2D eigenvalue weighted by Crippen LogP contribution is 2.28. The minimum absolute atomic E-state index is 0.376. The van der Waals surface area contributed by atoms with Gasteiger partial charge in [-0.3, -0.25) is 0 Å². The highest BCUT2D eigenvalue weighted by Gasteiger charge is 2.28. The zero-order chi connectivity index (χ0) is 11.3. The van der Waals surface area contributed by atoms with E-state index in [1.54, 1.807) is 0 Å². The average Bonchev–Trinajstić information content (AvgIpc) is 2.29. The van der Waals surface area contributed by atoms with Gasteiger partial charge >= 0.3 is 0 Å². The molecule has 15 heavy (non-hydrogen) atoms. The Morgan fingerprint density at radius 1 is 1.20 bits per heavy atom. The summed E-state index contributed by atoms with van der Waals surface area (Å²) in [5.41, 5.74) is 6.32. The molecule has 0 bridgehead atoms. The summed E-state index contributed by atoms with van der Waals surface area (Å²) in [6, 6.07) is 0. The van der Waals surface area contributed by atoms with Crippen LogP contribution in [0.5, 0.6) is 0 Å². The standard InChI is InChI=1S/C13H28N2/c1-4-13(5-2,10-14)11-15-8-6-12(3)7-9-15/h12H,4-11,14H2,1-3H3. The third-order valence-corrected chi connectivity index (χ3v) is 4.37. The molecule has 1 saturated heterocycles. The predicted octanol–water partition coefficient (Wildman–Crippen LogP) is 2.48. The minimum Gasteiger partial charge on any atom is -0.330 e. The Labute approximate surface area is 95.2 Å². The maximum absolute atomic E-state index is 5.95. The highest BCUT2D eigenvalue weighted by molar-refractivity contribution is 4.83. The van der Waals surface area contributed by atoms with Gasteiger partial charge in [-0.1, -0.05) is 20.8 Å². The SMILES string of the molecule is CCC(CC)(CN)CN1CCC(C)CC1. The van der Waals surface area contributed by atoms with Crippen LogP contribution in [0.4, 0.5) is 0 Å². The van der Waals surface area contributed by atoms with Crippen LogP contribution in [0.15, 0.2) is 0 Å². The molecule has 0 aromatic carbocycles. The van der Waals surface area contributed by atoms with Crippen LogP contribution in [0.25, 0.3) is 0 Å². The van der Waals surface area contributed by atoms with Gasteiger partial charge in [0.2, 0.25) is 0 Å². The molecule has 1 aliphatic heterocycles. The predicted molar refractivity (Wildman–Crippen MR) is 66.9 cm³/mol. The highest BCUT2D eigenvalue weighted by atomic mass is 15.1. The molecule has 90 valence electrons. The van der Waals surface area contributed by atoms with Gasteiger partial charge in [-0.25, -0.2) is 0 Å². The van der Waals surface area contributed by atoms with E-state index >= 15 is 0 Å². The molecule has 0 amide bonds. The van der Waals surface area contributed by atoms with Crippen molar-refractivity contribution in [3.63, 3.8) is 0 Å². The molecule has 0 atom stereocenters. The topological polar surface area (TPSA) is 29.3 Å². The normalized spacial score (nSPS) is 20.8. The molecule has 2 heteroatoms. The van der Waals surface area contributed by atoms with Gasteiger partial charge in [0.25, 0.3) is 0 Å². The molecule has 2 N–H and O–H groups in total. The lowest BCUT2D eigenvalue weighted by Crippen LogP contribution is -2.44. The number of hydrogen-bond donors (Lipinski definition) is 1. The van der Waals surface area contributed by atoms with E-state index in [-0.39, 0.29) is 0 Å². The van der Waals surface area contributed by atoms with Crippen molar-refractivity contribution in [1.29, 1.82) is 0 Å². The molecule has 0 spiro atoms. The Hall–Kier alpha value is -0.0800. The van der Waals surface area contributed by atoms with Crippen molar-refractivity contribution in [2.24, 2.45) is 17.1 Å². The number of rotatable bonds is 5. The zero-order valence-electron chi connectivity index (χ0n) is 10.8. The lowest BCUT2D eigenvalue weighted by molar-refractivity contribution is 0.110. The van der Waals surface area contributed by atoms with Crippen molar-refractivity contribution in [2.45, 2.75) is 46.5 Å². The van der Waals surface area contributed by atoms with Crippen LogP contribution in [0.2, 0.25) is 0 Å². The zero-order valence-corrected chi connectivity index (χ0v) is 10.8. The second-order valence-corrected chi connectivity index (χ2v) is 5.37. The summed E-state index contributed by atoms with van der Waals surface area (Å²) in [7, 11) is 0. The summed E-state index contributed by atoms with van der Waals surface area (Å²) in [5, 5.41) is 0. The summed E-state index contributed by atoms with van der Waals surface area (Å²) < 4.78 is 0. The first-order valence-electron chi connectivity index (χ1n) is 6.58. The first-order valence-corrected chi connectivity index (χ1v) is 6.58. The largest absolute Gasteiger partial charge is 0.330 e. The van der Waals surface area contributed by atoms with Crippen LogP contribution < -0.4 is 5.73 Å². The molecule has 1 rings (SSSR count). The second kappa shape index (κ2) is 5.86. The van der Waals surface area contributed by atoms with E-state index in [9.17, 15) is 0 Å². The minimum atomic E-state index is 0.376. The molecule has 0 aromatic rings. The van der Waals surface area contributed by atoms with Crippen molar-refractivity contribution in [1.82, 2.24) is 4.90 Å². The van der Waals surface area contributed by atoms with E-state index in [0.717, 1.165) is 12.5 Å². The number of hydrogen-bond acceptors (Lipinski definition) is 2. The van der Waals surface area contributed by atoms with E-state index in [1.165, 1.54) is 45.3 Å². The number of nitrogens with zero attached hydrogens (tertiary/aromatic N) is 1. The molecule has 0 aliphatic carbocycles. The van der Waals surface area contributed by atoms with Crippen molar-refractivity contribution >= 4 is 0 Å². The molecular weight excluding hydrogens is 184 g/mol. The fraction of sp³-hybridized carbons (Fsp3) is 1.00. The Balaban J connectivity index is 2.44. The molecule has 0 radical (unpaired) electrons. The Morgan fingerprint density at radius 3 is 2.13 bits per heavy atom. The third kappa shape index (κ3) is 3.46. The molecule has 1 fully saturated rings. The Morgan fingerprint density at radius 2 is 1.73 bits per heavy atom. The van der Waals surface area contributed by atoms with Crippen molar-refractivity contribution in [3.05, 3.63) is 0 Å². The summed E-state index contributed by atoms with van der Waals surface area (Å²) >= 11 is 0. The van der Waals surface area contributed by atoms with Gasteiger partial charge in [-0.2, -0.15) is 0 Å². The van der Waals surface area contributed by atoms with Crippen LogP contribution in [0.3, 0.4) is 0 Å². The molecular formula is C13H28N2. The van der Waals surface area contributed by atoms with Gasteiger partial charge in [-0.05, 0) is 56.7 Å².